The summed E-state index contributed by atoms with van der Waals surface area (Å²) in [5, 5.41) is 2.91. The van der Waals surface area contributed by atoms with E-state index in [-0.39, 0.29) is 30.5 Å². The highest BCUT2D eigenvalue weighted by atomic mass is 35.5. The van der Waals surface area contributed by atoms with Crippen molar-refractivity contribution >= 4 is 34.0 Å². The molecule has 0 aromatic heterocycles. The van der Waals surface area contributed by atoms with Gasteiger partial charge in [0.05, 0.1) is 0 Å². The second-order valence-corrected chi connectivity index (χ2v) is 7.44. The van der Waals surface area contributed by atoms with Crippen LogP contribution in [-0.4, -0.2) is 58.3 Å². The zero-order valence-electron chi connectivity index (χ0n) is 12.8. The van der Waals surface area contributed by atoms with Crippen LogP contribution in [0.2, 0.25) is 5.02 Å². The Morgan fingerprint density at radius 3 is 2.40 bits per heavy atom. The van der Waals surface area contributed by atoms with Gasteiger partial charge in [0.2, 0.25) is 10.0 Å². The molecular formula is C13H17Cl2F4N3O2S. The third kappa shape index (κ3) is 5.93. The second kappa shape index (κ2) is 8.83. The van der Waals surface area contributed by atoms with Gasteiger partial charge in [-0.05, 0) is 18.2 Å². The number of alkyl halides is 3. The van der Waals surface area contributed by atoms with Crippen molar-refractivity contribution < 1.29 is 26.0 Å². The molecule has 1 heterocycles. The maximum absolute atomic E-state index is 13.7. The van der Waals surface area contributed by atoms with Crippen LogP contribution in [0.25, 0.3) is 0 Å². The van der Waals surface area contributed by atoms with Crippen molar-refractivity contribution in [3.8, 4) is 0 Å². The average Bonchev–Trinajstić information content (AvgIpc) is 2.46. The Labute approximate surface area is 154 Å². The topological polar surface area (TPSA) is 61.4 Å². The highest BCUT2D eigenvalue weighted by Crippen LogP contribution is 2.25. The molecule has 1 aliphatic rings. The molecule has 25 heavy (non-hydrogen) atoms. The van der Waals surface area contributed by atoms with Crippen LogP contribution in [0.4, 0.5) is 17.6 Å². The molecule has 2 rings (SSSR count). The smallest absolute Gasteiger partial charge is 0.314 e. The molecule has 1 atom stereocenters. The minimum absolute atomic E-state index is 0. The van der Waals surface area contributed by atoms with Crippen molar-refractivity contribution in [2.24, 2.45) is 0 Å². The van der Waals surface area contributed by atoms with Crippen LogP contribution in [0.1, 0.15) is 0 Å². The number of hydrogen-bond acceptors (Lipinski definition) is 4. The average molecular weight is 426 g/mol. The van der Waals surface area contributed by atoms with E-state index in [0.29, 0.717) is 13.1 Å². The van der Waals surface area contributed by atoms with Crippen molar-refractivity contribution in [2.45, 2.75) is 17.1 Å². The molecule has 1 saturated heterocycles. The molecule has 144 valence electrons. The first-order chi connectivity index (χ1) is 11.1. The van der Waals surface area contributed by atoms with Gasteiger partial charge in [0.15, 0.2) is 0 Å². The predicted octanol–water partition coefficient (Wildman–Crippen LogP) is 2.02. The Morgan fingerprint density at radius 1 is 1.28 bits per heavy atom. The van der Waals surface area contributed by atoms with Crippen molar-refractivity contribution in [1.29, 1.82) is 0 Å². The summed E-state index contributed by atoms with van der Waals surface area (Å²) >= 11 is 5.54. The van der Waals surface area contributed by atoms with Crippen molar-refractivity contribution in [3.05, 3.63) is 29.0 Å². The standard InChI is InChI=1S/C13H16ClF4N3O2S.ClH/c14-9-1-2-11(10(15)7-9)24(22,23)20-8-12(13(16,17)18)21-5-3-19-4-6-21;/h1-2,7,12,19-20H,3-6,8H2;1H. The summed E-state index contributed by atoms with van der Waals surface area (Å²) < 4.78 is 79.4. The molecule has 0 saturated carbocycles. The lowest BCUT2D eigenvalue weighted by atomic mass is 10.2. The lowest BCUT2D eigenvalue weighted by molar-refractivity contribution is -0.182. The minimum Gasteiger partial charge on any atom is -0.314 e. The van der Waals surface area contributed by atoms with Crippen LogP contribution in [0.3, 0.4) is 0 Å². The molecule has 0 spiro atoms. The molecule has 1 unspecified atom stereocenters. The lowest BCUT2D eigenvalue weighted by Crippen LogP contribution is -2.57. The second-order valence-electron chi connectivity index (χ2n) is 5.27. The Bertz CT molecular complexity index is 682. The van der Waals surface area contributed by atoms with E-state index in [1.165, 1.54) is 0 Å². The molecule has 2 N–H and O–H groups in total. The van der Waals surface area contributed by atoms with E-state index >= 15 is 0 Å². The monoisotopic (exact) mass is 425 g/mol. The van der Waals surface area contributed by atoms with Gasteiger partial charge in [-0.3, -0.25) is 4.90 Å². The van der Waals surface area contributed by atoms with Crippen LogP contribution in [0.15, 0.2) is 23.1 Å². The molecule has 1 aromatic carbocycles. The molecule has 12 heteroatoms. The largest absolute Gasteiger partial charge is 0.405 e. The number of rotatable bonds is 5. The minimum atomic E-state index is -4.61. The lowest BCUT2D eigenvalue weighted by Gasteiger charge is -2.35. The number of nitrogens with one attached hydrogen (secondary N) is 2. The quantitative estimate of drug-likeness (QED) is 0.708. The maximum atomic E-state index is 13.7. The summed E-state index contributed by atoms with van der Waals surface area (Å²) in [6, 6.07) is 0.863. The van der Waals surface area contributed by atoms with Gasteiger partial charge in [0.1, 0.15) is 16.8 Å². The fourth-order valence-corrected chi connectivity index (χ4v) is 3.66. The molecule has 0 radical (unpaired) electrons. The summed E-state index contributed by atoms with van der Waals surface area (Å²) in [4.78, 5) is 0.408. The van der Waals surface area contributed by atoms with E-state index in [2.05, 4.69) is 5.32 Å². The predicted molar refractivity (Wildman–Crippen MR) is 88.1 cm³/mol. The molecule has 1 fully saturated rings. The zero-order chi connectivity index (χ0) is 18.0. The first-order valence-corrected chi connectivity index (χ1v) is 8.93. The van der Waals surface area contributed by atoms with Crippen molar-refractivity contribution in [2.75, 3.05) is 32.7 Å². The number of hydrogen-bond donors (Lipinski definition) is 2. The fourth-order valence-electron chi connectivity index (χ4n) is 2.41. The third-order valence-corrected chi connectivity index (χ3v) is 5.31. The summed E-state index contributed by atoms with van der Waals surface area (Å²) in [7, 11) is -4.43. The fraction of sp³-hybridized carbons (Fsp3) is 0.538. The SMILES string of the molecule is Cl.O=S(=O)(NCC(N1CCNCC1)C(F)(F)F)c1ccc(Cl)cc1F. The molecule has 1 aromatic rings. The highest BCUT2D eigenvalue weighted by Gasteiger charge is 2.44. The Hall–Kier alpha value is -0.650. The molecule has 0 aliphatic carbocycles. The first-order valence-electron chi connectivity index (χ1n) is 7.07. The maximum Gasteiger partial charge on any atom is 0.405 e. The van der Waals surface area contributed by atoms with Gasteiger partial charge in [-0.15, -0.1) is 12.4 Å². The molecule has 0 amide bonds. The third-order valence-electron chi connectivity index (χ3n) is 3.62. The van der Waals surface area contributed by atoms with Crippen LogP contribution >= 0.6 is 24.0 Å². The Balaban J connectivity index is 0.00000312. The van der Waals surface area contributed by atoms with Gasteiger partial charge >= 0.3 is 6.18 Å². The van der Waals surface area contributed by atoms with E-state index in [1.54, 1.807) is 0 Å². The van der Waals surface area contributed by atoms with Gasteiger partial charge < -0.3 is 5.32 Å². The number of halogens is 6. The summed E-state index contributed by atoms with van der Waals surface area (Å²) in [6.07, 6.45) is -4.61. The zero-order valence-corrected chi connectivity index (χ0v) is 15.2. The molecule has 0 bridgehead atoms. The van der Waals surface area contributed by atoms with Crippen molar-refractivity contribution in [1.82, 2.24) is 14.9 Å². The van der Waals surface area contributed by atoms with E-state index in [9.17, 15) is 26.0 Å². The normalized spacial score (nSPS) is 17.8. The number of sulfonamides is 1. The van der Waals surface area contributed by atoms with Gasteiger partial charge in [-0.2, -0.15) is 13.2 Å². The molecule has 5 nitrogen and oxygen atoms in total. The molecular weight excluding hydrogens is 409 g/mol. The van der Waals surface area contributed by atoms with Crippen molar-refractivity contribution in [3.63, 3.8) is 0 Å². The van der Waals surface area contributed by atoms with E-state index in [0.717, 1.165) is 23.1 Å². The Morgan fingerprint density at radius 2 is 1.88 bits per heavy atom. The summed E-state index contributed by atoms with van der Waals surface area (Å²) in [5.41, 5.74) is 0. The van der Waals surface area contributed by atoms with Crippen LogP contribution in [0, 0.1) is 5.82 Å². The van der Waals surface area contributed by atoms with Crippen LogP contribution in [-0.2, 0) is 10.0 Å². The van der Waals surface area contributed by atoms with Crippen LogP contribution < -0.4 is 10.0 Å². The summed E-state index contributed by atoms with van der Waals surface area (Å²) in [5.74, 6) is -1.12. The van der Waals surface area contributed by atoms with Gasteiger partial charge in [-0.1, -0.05) is 11.6 Å². The van der Waals surface area contributed by atoms with Gasteiger partial charge in [0.25, 0.3) is 0 Å². The highest BCUT2D eigenvalue weighted by molar-refractivity contribution is 7.89. The van der Waals surface area contributed by atoms with Gasteiger partial charge in [0, 0.05) is 37.7 Å². The molecule has 1 aliphatic heterocycles. The number of nitrogens with zero attached hydrogens (tertiary/aromatic N) is 1. The number of benzene rings is 1. The van der Waals surface area contributed by atoms with Crippen LogP contribution in [0.5, 0.6) is 0 Å². The first kappa shape index (κ1) is 22.4. The van der Waals surface area contributed by atoms with E-state index in [4.69, 9.17) is 11.6 Å². The summed E-state index contributed by atoms with van der Waals surface area (Å²) in [6.45, 7) is 0.145. The van der Waals surface area contributed by atoms with E-state index in [1.807, 2.05) is 4.72 Å². The Kier molecular flexibility index (Phi) is 7.91. The number of piperazine rings is 1. The van der Waals surface area contributed by atoms with E-state index < -0.39 is 39.5 Å². The van der Waals surface area contributed by atoms with Gasteiger partial charge in [-0.25, -0.2) is 17.5 Å².